The van der Waals surface area contributed by atoms with E-state index in [4.69, 9.17) is 9.15 Å². The summed E-state index contributed by atoms with van der Waals surface area (Å²) in [6.07, 6.45) is 10.4. The molecule has 1 atom stereocenters. The van der Waals surface area contributed by atoms with Gasteiger partial charge >= 0.3 is 0 Å². The highest BCUT2D eigenvalue weighted by Crippen LogP contribution is 2.33. The topological polar surface area (TPSA) is 76.7 Å². The number of hydrogen-bond donors (Lipinski definition) is 1. The smallest absolute Gasteiger partial charge is 0.271 e. The van der Waals surface area contributed by atoms with Gasteiger partial charge in [-0.15, -0.1) is 0 Å². The SMILES string of the molecule is COCCCN1C(=O)c2cc3occc3n2C[C@]1(C)C(=O)NC1CCCCCCC1. The summed E-state index contributed by atoms with van der Waals surface area (Å²) in [4.78, 5) is 28.8. The molecule has 3 heterocycles. The molecule has 1 fully saturated rings. The van der Waals surface area contributed by atoms with Gasteiger partial charge in [0.1, 0.15) is 11.2 Å². The van der Waals surface area contributed by atoms with Gasteiger partial charge in [-0.1, -0.05) is 32.1 Å². The van der Waals surface area contributed by atoms with E-state index in [2.05, 4.69) is 5.32 Å². The molecule has 0 spiro atoms. The minimum absolute atomic E-state index is 0.0603. The van der Waals surface area contributed by atoms with E-state index in [-0.39, 0.29) is 17.9 Å². The second kappa shape index (κ2) is 8.84. The Bertz CT molecular complexity index is 894. The first kappa shape index (κ1) is 21.0. The summed E-state index contributed by atoms with van der Waals surface area (Å²) in [5.74, 6) is -0.186. The van der Waals surface area contributed by atoms with Gasteiger partial charge in [-0.2, -0.15) is 0 Å². The highest BCUT2D eigenvalue weighted by Gasteiger charge is 2.48. The van der Waals surface area contributed by atoms with Crippen LogP contribution in [0.15, 0.2) is 22.8 Å². The third-order valence-corrected chi connectivity index (χ3v) is 6.71. The van der Waals surface area contributed by atoms with E-state index in [0.717, 1.165) is 31.2 Å². The molecule has 0 saturated heterocycles. The highest BCUT2D eigenvalue weighted by molar-refractivity contribution is 6.02. The highest BCUT2D eigenvalue weighted by atomic mass is 16.5. The van der Waals surface area contributed by atoms with Crippen molar-refractivity contribution in [1.29, 1.82) is 0 Å². The fourth-order valence-electron chi connectivity index (χ4n) is 4.93. The summed E-state index contributed by atoms with van der Waals surface area (Å²) in [5.41, 5.74) is 1.17. The quantitative estimate of drug-likeness (QED) is 0.730. The Morgan fingerprint density at radius 2 is 2.00 bits per heavy atom. The number of ether oxygens (including phenoxy) is 1. The number of rotatable bonds is 6. The molecule has 1 N–H and O–H groups in total. The minimum atomic E-state index is -0.955. The van der Waals surface area contributed by atoms with E-state index >= 15 is 0 Å². The number of aromatic nitrogens is 1. The van der Waals surface area contributed by atoms with E-state index < -0.39 is 5.54 Å². The van der Waals surface area contributed by atoms with Crippen LogP contribution in [0.5, 0.6) is 0 Å². The first-order valence-electron chi connectivity index (χ1n) is 11.2. The molecule has 1 aliphatic heterocycles. The zero-order valence-electron chi connectivity index (χ0n) is 18.1. The molecule has 7 nitrogen and oxygen atoms in total. The summed E-state index contributed by atoms with van der Waals surface area (Å²) < 4.78 is 12.6. The largest absolute Gasteiger partial charge is 0.463 e. The maximum Gasteiger partial charge on any atom is 0.271 e. The fraction of sp³-hybridized carbons (Fsp3) is 0.652. The van der Waals surface area contributed by atoms with Crippen molar-refractivity contribution in [3.8, 4) is 0 Å². The normalized spacial score (nSPS) is 23.3. The third-order valence-electron chi connectivity index (χ3n) is 6.71. The Labute approximate surface area is 177 Å². The second-order valence-electron chi connectivity index (χ2n) is 8.88. The van der Waals surface area contributed by atoms with Crippen LogP contribution >= 0.6 is 0 Å². The van der Waals surface area contributed by atoms with Gasteiger partial charge in [0, 0.05) is 38.4 Å². The van der Waals surface area contributed by atoms with Crippen molar-refractivity contribution in [2.24, 2.45) is 0 Å². The number of carbonyl (C=O) groups excluding carboxylic acids is 2. The summed E-state index contributed by atoms with van der Waals surface area (Å²) in [6, 6.07) is 3.83. The molecule has 0 bridgehead atoms. The van der Waals surface area contributed by atoms with Crippen LogP contribution in [0.4, 0.5) is 0 Å². The van der Waals surface area contributed by atoms with Crippen molar-refractivity contribution in [2.75, 3.05) is 20.3 Å². The van der Waals surface area contributed by atoms with E-state index in [9.17, 15) is 9.59 Å². The lowest BCUT2D eigenvalue weighted by Gasteiger charge is -2.44. The van der Waals surface area contributed by atoms with Gasteiger partial charge < -0.3 is 23.9 Å². The molecule has 1 aliphatic carbocycles. The van der Waals surface area contributed by atoms with E-state index in [0.29, 0.717) is 37.4 Å². The summed E-state index contributed by atoms with van der Waals surface area (Å²) >= 11 is 0. The van der Waals surface area contributed by atoms with Crippen LogP contribution in [0.1, 0.15) is 68.8 Å². The van der Waals surface area contributed by atoms with E-state index in [1.807, 2.05) is 17.6 Å². The number of hydrogen-bond acceptors (Lipinski definition) is 4. The zero-order chi connectivity index (χ0) is 21.1. The van der Waals surface area contributed by atoms with Crippen LogP contribution in [0.2, 0.25) is 0 Å². The maximum atomic E-state index is 13.6. The summed E-state index contributed by atoms with van der Waals surface area (Å²) in [7, 11) is 1.65. The molecule has 164 valence electrons. The molecule has 2 aromatic rings. The van der Waals surface area contributed by atoms with Crippen molar-refractivity contribution in [2.45, 2.75) is 76.4 Å². The molecule has 30 heavy (non-hydrogen) atoms. The van der Waals surface area contributed by atoms with Crippen LogP contribution in [0.3, 0.4) is 0 Å². The first-order chi connectivity index (χ1) is 14.5. The predicted octanol–water partition coefficient (Wildman–Crippen LogP) is 3.71. The lowest BCUT2D eigenvalue weighted by molar-refractivity contribution is -0.133. The monoisotopic (exact) mass is 415 g/mol. The van der Waals surface area contributed by atoms with Crippen molar-refractivity contribution < 1.29 is 18.7 Å². The molecular formula is C23H33N3O4. The lowest BCUT2D eigenvalue weighted by atomic mass is 9.92. The molecule has 0 aromatic carbocycles. The van der Waals surface area contributed by atoms with Gasteiger partial charge in [0.25, 0.3) is 5.91 Å². The molecular weight excluding hydrogens is 382 g/mol. The molecule has 7 heteroatoms. The van der Waals surface area contributed by atoms with Crippen LogP contribution in [0, 0.1) is 0 Å². The standard InChI is InChI=1S/C23H33N3O4/c1-23(22(28)24-17-9-6-4-3-5-7-10-17)16-25-18-11-14-30-20(18)15-19(25)21(27)26(23)12-8-13-29-2/h11,14-15,17H,3-10,12-13,16H2,1-2H3,(H,24,28)/t23-/m1/s1. The zero-order valence-corrected chi connectivity index (χ0v) is 18.1. The van der Waals surface area contributed by atoms with Crippen LogP contribution < -0.4 is 5.32 Å². The number of nitrogens with zero attached hydrogens (tertiary/aromatic N) is 2. The fourth-order valence-corrected chi connectivity index (χ4v) is 4.93. The summed E-state index contributed by atoms with van der Waals surface area (Å²) in [6.45, 7) is 3.34. The van der Waals surface area contributed by atoms with Gasteiger partial charge in [0.15, 0.2) is 5.58 Å². The van der Waals surface area contributed by atoms with Crippen LogP contribution in [-0.2, 0) is 16.1 Å². The number of amides is 2. The Morgan fingerprint density at radius 3 is 2.73 bits per heavy atom. The number of methoxy groups -OCH3 is 1. The first-order valence-corrected chi connectivity index (χ1v) is 11.2. The Morgan fingerprint density at radius 1 is 1.27 bits per heavy atom. The van der Waals surface area contributed by atoms with E-state index in [1.165, 1.54) is 19.3 Å². The maximum absolute atomic E-state index is 13.6. The molecule has 2 amide bonds. The van der Waals surface area contributed by atoms with Crippen molar-refractivity contribution >= 4 is 22.9 Å². The molecule has 2 aliphatic rings. The minimum Gasteiger partial charge on any atom is -0.463 e. The molecule has 2 aromatic heterocycles. The number of fused-ring (bicyclic) bond motifs is 3. The van der Waals surface area contributed by atoms with Crippen molar-refractivity contribution in [1.82, 2.24) is 14.8 Å². The van der Waals surface area contributed by atoms with Gasteiger partial charge in [-0.25, -0.2) is 0 Å². The Hall–Kier alpha value is -2.28. The van der Waals surface area contributed by atoms with Gasteiger partial charge in [0.05, 0.1) is 18.3 Å². The van der Waals surface area contributed by atoms with E-state index in [1.54, 1.807) is 24.3 Å². The molecule has 1 saturated carbocycles. The Balaban J connectivity index is 1.61. The predicted molar refractivity (Wildman–Crippen MR) is 114 cm³/mol. The third kappa shape index (κ3) is 3.87. The van der Waals surface area contributed by atoms with Crippen molar-refractivity contribution in [3.63, 3.8) is 0 Å². The number of nitrogens with one attached hydrogen (secondary N) is 1. The van der Waals surface area contributed by atoms with Crippen molar-refractivity contribution in [3.05, 3.63) is 24.1 Å². The van der Waals surface area contributed by atoms with Crippen LogP contribution in [0.25, 0.3) is 11.1 Å². The average Bonchev–Trinajstić information content (AvgIpc) is 3.29. The van der Waals surface area contributed by atoms with Gasteiger partial charge in [0.2, 0.25) is 5.91 Å². The molecule has 0 unspecified atom stereocenters. The average molecular weight is 416 g/mol. The summed E-state index contributed by atoms with van der Waals surface area (Å²) in [5, 5.41) is 3.30. The van der Waals surface area contributed by atoms with Gasteiger partial charge in [-0.3, -0.25) is 9.59 Å². The number of carbonyl (C=O) groups is 2. The van der Waals surface area contributed by atoms with Crippen LogP contribution in [-0.4, -0.2) is 53.1 Å². The second-order valence-corrected chi connectivity index (χ2v) is 8.88. The molecule has 0 radical (unpaired) electrons. The Kier molecular flexibility index (Phi) is 6.18. The number of furan rings is 1. The van der Waals surface area contributed by atoms with Gasteiger partial charge in [-0.05, 0) is 26.2 Å². The lowest BCUT2D eigenvalue weighted by Crippen LogP contribution is -2.65. The molecule has 4 rings (SSSR count).